The summed E-state index contributed by atoms with van der Waals surface area (Å²) in [6.45, 7) is 5.11. The molecule has 1 aliphatic heterocycles. The first-order valence-corrected chi connectivity index (χ1v) is 4.94. The lowest BCUT2D eigenvalue weighted by molar-refractivity contribution is 0.820. The van der Waals surface area contributed by atoms with Crippen LogP contribution in [0.4, 0.5) is 0 Å². The summed E-state index contributed by atoms with van der Waals surface area (Å²) >= 11 is 0. The molecule has 0 bridgehead atoms. The van der Waals surface area contributed by atoms with Gasteiger partial charge in [-0.05, 0) is 18.1 Å². The summed E-state index contributed by atoms with van der Waals surface area (Å²) in [4.78, 5) is 8.75. The molecule has 0 amide bonds. The minimum absolute atomic E-state index is 0.480. The van der Waals surface area contributed by atoms with Crippen LogP contribution in [0.2, 0.25) is 0 Å². The Balaban J connectivity index is 2.35. The number of allylic oxidation sites excluding steroid dienone is 1. The molecule has 2 nitrogen and oxygen atoms in total. The van der Waals surface area contributed by atoms with Crippen molar-refractivity contribution in [1.82, 2.24) is 4.98 Å². The number of hydrogen-bond donors (Lipinski definition) is 0. The molecule has 1 aromatic rings. The van der Waals surface area contributed by atoms with Gasteiger partial charge in [-0.3, -0.25) is 9.98 Å². The Bertz CT molecular complexity index is 389. The average molecular weight is 186 g/mol. The van der Waals surface area contributed by atoms with E-state index < -0.39 is 0 Å². The first kappa shape index (κ1) is 9.13. The van der Waals surface area contributed by atoms with Gasteiger partial charge < -0.3 is 0 Å². The normalized spacial score (nSPS) is 14.9. The predicted octanol–water partition coefficient (Wildman–Crippen LogP) is 2.67. The van der Waals surface area contributed by atoms with Crippen LogP contribution in [0.25, 0.3) is 5.57 Å². The van der Waals surface area contributed by atoms with Crippen molar-refractivity contribution in [2.45, 2.75) is 19.8 Å². The maximum atomic E-state index is 4.59. The number of pyridine rings is 1. The lowest BCUT2D eigenvalue weighted by Gasteiger charge is -2.06. The van der Waals surface area contributed by atoms with E-state index in [4.69, 9.17) is 0 Å². The van der Waals surface area contributed by atoms with Gasteiger partial charge in [0.15, 0.2) is 0 Å². The molecule has 0 radical (unpaired) electrons. The van der Waals surface area contributed by atoms with Gasteiger partial charge in [-0.25, -0.2) is 0 Å². The van der Waals surface area contributed by atoms with Crippen LogP contribution in [0.3, 0.4) is 0 Å². The van der Waals surface area contributed by atoms with Crippen molar-refractivity contribution in [3.05, 3.63) is 35.7 Å². The Hall–Kier alpha value is -1.44. The van der Waals surface area contributed by atoms with Crippen molar-refractivity contribution >= 4 is 11.8 Å². The summed E-state index contributed by atoms with van der Waals surface area (Å²) in [6.07, 6.45) is 4.00. The van der Waals surface area contributed by atoms with Gasteiger partial charge in [0.25, 0.3) is 0 Å². The Labute approximate surface area is 84.4 Å². The van der Waals surface area contributed by atoms with E-state index in [0.717, 1.165) is 23.5 Å². The number of aliphatic imine (C=N–C) groups is 1. The van der Waals surface area contributed by atoms with Crippen LogP contribution in [-0.4, -0.2) is 17.7 Å². The zero-order valence-corrected chi connectivity index (χ0v) is 8.57. The molecule has 0 fully saturated rings. The molecule has 0 saturated heterocycles. The van der Waals surface area contributed by atoms with E-state index in [2.05, 4.69) is 42.0 Å². The van der Waals surface area contributed by atoms with Crippen LogP contribution < -0.4 is 0 Å². The van der Waals surface area contributed by atoms with Gasteiger partial charge in [0.1, 0.15) is 0 Å². The largest absolute Gasteiger partial charge is 0.288 e. The highest BCUT2D eigenvalue weighted by molar-refractivity contribution is 6.10. The molecular formula is C12H14N2. The van der Waals surface area contributed by atoms with Gasteiger partial charge in [0, 0.05) is 17.5 Å². The quantitative estimate of drug-likeness (QED) is 0.697. The lowest BCUT2D eigenvalue weighted by Crippen LogP contribution is -1.96. The van der Waals surface area contributed by atoms with Crippen molar-refractivity contribution in [2.24, 2.45) is 4.99 Å². The van der Waals surface area contributed by atoms with Crippen LogP contribution in [0.1, 0.15) is 31.2 Å². The van der Waals surface area contributed by atoms with Crippen LogP contribution in [0.5, 0.6) is 0 Å². The summed E-state index contributed by atoms with van der Waals surface area (Å²) in [5.74, 6) is 0.480. The number of nitrogens with zero attached hydrogens (tertiary/aromatic N) is 2. The van der Waals surface area contributed by atoms with Crippen molar-refractivity contribution in [3.63, 3.8) is 0 Å². The van der Waals surface area contributed by atoms with Crippen molar-refractivity contribution in [2.75, 3.05) is 6.54 Å². The first-order chi connectivity index (χ1) is 6.77. The maximum absolute atomic E-state index is 4.59. The van der Waals surface area contributed by atoms with E-state index in [1.54, 1.807) is 0 Å². The molecule has 72 valence electrons. The highest BCUT2D eigenvalue weighted by Gasteiger charge is 2.06. The average Bonchev–Trinajstić information content (AvgIpc) is 2.71. The summed E-state index contributed by atoms with van der Waals surface area (Å²) < 4.78 is 0. The van der Waals surface area contributed by atoms with Gasteiger partial charge in [-0.2, -0.15) is 0 Å². The molecule has 0 aliphatic carbocycles. The van der Waals surface area contributed by atoms with Gasteiger partial charge in [0.2, 0.25) is 0 Å². The third-order valence-corrected chi connectivity index (χ3v) is 2.30. The topological polar surface area (TPSA) is 25.2 Å². The molecule has 1 aliphatic rings. The molecule has 0 atom stereocenters. The van der Waals surface area contributed by atoms with E-state index in [9.17, 15) is 0 Å². The summed E-state index contributed by atoms with van der Waals surface area (Å²) in [7, 11) is 0. The zero-order chi connectivity index (χ0) is 9.97. The van der Waals surface area contributed by atoms with Gasteiger partial charge in [-0.15, -0.1) is 0 Å². The molecule has 0 saturated carbocycles. The fraction of sp³-hybridized carbons (Fsp3) is 0.333. The third kappa shape index (κ3) is 1.74. The van der Waals surface area contributed by atoms with Crippen molar-refractivity contribution in [3.8, 4) is 0 Å². The van der Waals surface area contributed by atoms with E-state index in [0.29, 0.717) is 5.92 Å². The molecule has 2 heterocycles. The second-order valence-electron chi connectivity index (χ2n) is 3.76. The summed E-state index contributed by atoms with van der Waals surface area (Å²) in [5.41, 5.74) is 3.33. The summed E-state index contributed by atoms with van der Waals surface area (Å²) in [6, 6.07) is 6.17. The van der Waals surface area contributed by atoms with Crippen LogP contribution in [0, 0.1) is 0 Å². The van der Waals surface area contributed by atoms with E-state index in [1.807, 2.05) is 12.3 Å². The predicted molar refractivity (Wildman–Crippen MR) is 59.7 cm³/mol. The molecule has 14 heavy (non-hydrogen) atoms. The highest BCUT2D eigenvalue weighted by atomic mass is 14.8. The number of aromatic nitrogens is 1. The monoisotopic (exact) mass is 186 g/mol. The minimum atomic E-state index is 0.480. The number of rotatable bonds is 2. The van der Waals surface area contributed by atoms with E-state index in [1.165, 1.54) is 0 Å². The molecule has 2 heteroatoms. The molecule has 0 aromatic carbocycles. The second kappa shape index (κ2) is 3.74. The fourth-order valence-electron chi connectivity index (χ4n) is 1.46. The third-order valence-electron chi connectivity index (χ3n) is 2.30. The Morgan fingerprint density at radius 1 is 1.29 bits per heavy atom. The number of hydrogen-bond acceptors (Lipinski definition) is 2. The first-order valence-electron chi connectivity index (χ1n) is 4.94. The zero-order valence-electron chi connectivity index (χ0n) is 8.57. The molecule has 1 aromatic heterocycles. The smallest absolute Gasteiger partial charge is 0.0718 e. The SMILES string of the molecule is CC(C)c1cccc(C2=CCN=C2)n1. The van der Waals surface area contributed by atoms with Crippen LogP contribution in [0.15, 0.2) is 29.3 Å². The molecule has 2 rings (SSSR count). The Morgan fingerprint density at radius 2 is 2.14 bits per heavy atom. The van der Waals surface area contributed by atoms with Gasteiger partial charge in [0.05, 0.1) is 12.2 Å². The van der Waals surface area contributed by atoms with Crippen LogP contribution >= 0.6 is 0 Å². The molecule has 0 unspecified atom stereocenters. The van der Waals surface area contributed by atoms with Gasteiger partial charge in [-0.1, -0.05) is 26.0 Å². The van der Waals surface area contributed by atoms with Crippen molar-refractivity contribution in [1.29, 1.82) is 0 Å². The second-order valence-corrected chi connectivity index (χ2v) is 3.76. The van der Waals surface area contributed by atoms with E-state index >= 15 is 0 Å². The van der Waals surface area contributed by atoms with Gasteiger partial charge >= 0.3 is 0 Å². The standard InChI is InChI=1S/C12H14N2/c1-9(2)11-4-3-5-12(14-11)10-6-7-13-8-10/h3-6,8-9H,7H2,1-2H3. The molecule has 0 N–H and O–H groups in total. The highest BCUT2D eigenvalue weighted by Crippen LogP contribution is 2.17. The molecule has 0 spiro atoms. The summed E-state index contributed by atoms with van der Waals surface area (Å²) in [5, 5.41) is 0. The maximum Gasteiger partial charge on any atom is 0.0718 e. The molecular weight excluding hydrogens is 172 g/mol. The van der Waals surface area contributed by atoms with Crippen molar-refractivity contribution < 1.29 is 0 Å². The Kier molecular flexibility index (Phi) is 2.44. The Morgan fingerprint density at radius 3 is 2.79 bits per heavy atom. The van der Waals surface area contributed by atoms with Crippen LogP contribution in [-0.2, 0) is 0 Å². The fourth-order valence-corrected chi connectivity index (χ4v) is 1.46. The minimum Gasteiger partial charge on any atom is -0.288 e. The lowest BCUT2D eigenvalue weighted by atomic mass is 10.1. The van der Waals surface area contributed by atoms with E-state index in [-0.39, 0.29) is 0 Å².